The minimum atomic E-state index is -0.637. The Morgan fingerprint density at radius 1 is 0.848 bits per heavy atom. The Morgan fingerprint density at radius 3 is 2.12 bits per heavy atom. The van der Waals surface area contributed by atoms with Gasteiger partial charge in [0.15, 0.2) is 6.61 Å². The second kappa shape index (κ2) is 10.9. The topological polar surface area (TPSA) is 87.7 Å². The van der Waals surface area contributed by atoms with Crippen LogP contribution in [0.3, 0.4) is 0 Å². The fourth-order valence-corrected chi connectivity index (χ4v) is 3.33. The highest BCUT2D eigenvalue weighted by atomic mass is 16.5. The van der Waals surface area contributed by atoms with Crippen LogP contribution in [0.15, 0.2) is 78.9 Å². The van der Waals surface area contributed by atoms with Gasteiger partial charge < -0.3 is 20.3 Å². The summed E-state index contributed by atoms with van der Waals surface area (Å²) >= 11 is 0. The van der Waals surface area contributed by atoms with Gasteiger partial charge in [0, 0.05) is 35.7 Å². The number of amides is 2. The maximum atomic E-state index is 12.9. The summed E-state index contributed by atoms with van der Waals surface area (Å²) in [5, 5.41) is 5.92. The summed E-state index contributed by atoms with van der Waals surface area (Å²) < 4.78 is 5.25. The average molecular weight is 446 g/mol. The van der Waals surface area contributed by atoms with Gasteiger partial charge in [0.25, 0.3) is 5.91 Å². The van der Waals surface area contributed by atoms with E-state index in [0.717, 1.165) is 11.4 Å². The Bertz CT molecular complexity index is 1110. The van der Waals surface area contributed by atoms with Crippen molar-refractivity contribution in [2.24, 2.45) is 0 Å². The number of rotatable bonds is 8. The minimum Gasteiger partial charge on any atom is -0.452 e. The van der Waals surface area contributed by atoms with Gasteiger partial charge in [-0.1, -0.05) is 24.3 Å². The lowest BCUT2D eigenvalue weighted by Gasteiger charge is -2.27. The molecule has 0 bridgehead atoms. The molecular weight excluding hydrogens is 418 g/mol. The van der Waals surface area contributed by atoms with Gasteiger partial charge in [0.2, 0.25) is 5.91 Å². The molecule has 0 atom stereocenters. The molecule has 170 valence electrons. The smallest absolute Gasteiger partial charge is 0.338 e. The molecule has 0 saturated carbocycles. The number of hydrogen-bond acceptors (Lipinski definition) is 5. The molecule has 3 aromatic carbocycles. The van der Waals surface area contributed by atoms with E-state index < -0.39 is 12.6 Å². The quantitative estimate of drug-likeness (QED) is 0.477. The largest absolute Gasteiger partial charge is 0.452 e. The van der Waals surface area contributed by atoms with E-state index in [1.54, 1.807) is 23.1 Å². The highest BCUT2D eigenvalue weighted by Crippen LogP contribution is 2.23. The van der Waals surface area contributed by atoms with Crippen LogP contribution in [-0.4, -0.2) is 30.4 Å². The van der Waals surface area contributed by atoms with Crippen LogP contribution in [0.25, 0.3) is 0 Å². The normalized spacial score (nSPS) is 10.4. The summed E-state index contributed by atoms with van der Waals surface area (Å²) in [4.78, 5) is 38.1. The Hall–Kier alpha value is -4.13. The van der Waals surface area contributed by atoms with Crippen molar-refractivity contribution >= 4 is 40.5 Å². The molecule has 0 aliphatic heterocycles. The predicted octanol–water partition coefficient (Wildman–Crippen LogP) is 4.99. The van der Waals surface area contributed by atoms with Gasteiger partial charge in [-0.15, -0.1) is 0 Å². The maximum absolute atomic E-state index is 12.9. The zero-order chi connectivity index (χ0) is 23.8. The van der Waals surface area contributed by atoms with E-state index in [0.29, 0.717) is 11.4 Å². The molecule has 0 fully saturated rings. The molecule has 2 amide bonds. The summed E-state index contributed by atoms with van der Waals surface area (Å²) in [6, 6.07) is 23.5. The van der Waals surface area contributed by atoms with Crippen molar-refractivity contribution in [1.82, 2.24) is 0 Å². The SMILES string of the molecule is CC(=O)Nc1cccc(C(=O)OCC(=O)N(c2ccc(Nc3ccccc3)cc2)C(C)C)c1. The van der Waals surface area contributed by atoms with Crippen molar-refractivity contribution in [3.8, 4) is 0 Å². The molecule has 0 spiro atoms. The summed E-state index contributed by atoms with van der Waals surface area (Å²) in [5.74, 6) is -1.21. The number of hydrogen-bond donors (Lipinski definition) is 2. The molecule has 7 nitrogen and oxygen atoms in total. The first kappa shape index (κ1) is 23.5. The van der Waals surface area contributed by atoms with Crippen LogP contribution >= 0.6 is 0 Å². The van der Waals surface area contributed by atoms with Crippen molar-refractivity contribution in [3.63, 3.8) is 0 Å². The number of carbonyl (C=O) groups is 3. The maximum Gasteiger partial charge on any atom is 0.338 e. The molecule has 0 heterocycles. The van der Waals surface area contributed by atoms with E-state index in [1.165, 1.54) is 13.0 Å². The lowest BCUT2D eigenvalue weighted by atomic mass is 10.2. The third kappa shape index (κ3) is 6.67. The molecule has 33 heavy (non-hydrogen) atoms. The summed E-state index contributed by atoms with van der Waals surface area (Å²) in [6.07, 6.45) is 0. The number of ether oxygens (including phenoxy) is 1. The van der Waals surface area contributed by atoms with Gasteiger partial charge in [-0.25, -0.2) is 4.79 Å². The Morgan fingerprint density at radius 2 is 1.48 bits per heavy atom. The van der Waals surface area contributed by atoms with Crippen LogP contribution in [-0.2, 0) is 14.3 Å². The van der Waals surface area contributed by atoms with E-state index in [9.17, 15) is 14.4 Å². The number of nitrogens with zero attached hydrogens (tertiary/aromatic N) is 1. The number of para-hydroxylation sites is 1. The zero-order valence-corrected chi connectivity index (χ0v) is 18.9. The number of carbonyl (C=O) groups excluding carboxylic acids is 3. The van der Waals surface area contributed by atoms with E-state index in [4.69, 9.17) is 4.74 Å². The lowest BCUT2D eigenvalue weighted by molar-refractivity contribution is -0.122. The van der Waals surface area contributed by atoms with Gasteiger partial charge in [0.05, 0.1) is 5.56 Å². The van der Waals surface area contributed by atoms with Crippen LogP contribution in [0.2, 0.25) is 0 Å². The molecule has 0 unspecified atom stereocenters. The third-order valence-electron chi connectivity index (χ3n) is 4.74. The van der Waals surface area contributed by atoms with E-state index in [2.05, 4.69) is 10.6 Å². The van der Waals surface area contributed by atoms with Crippen LogP contribution in [0, 0.1) is 0 Å². The van der Waals surface area contributed by atoms with Crippen molar-refractivity contribution in [3.05, 3.63) is 84.4 Å². The first-order chi connectivity index (χ1) is 15.8. The zero-order valence-electron chi connectivity index (χ0n) is 18.9. The van der Waals surface area contributed by atoms with Crippen molar-refractivity contribution in [1.29, 1.82) is 0 Å². The van der Waals surface area contributed by atoms with E-state index >= 15 is 0 Å². The van der Waals surface area contributed by atoms with E-state index in [-0.39, 0.29) is 23.4 Å². The van der Waals surface area contributed by atoms with Crippen molar-refractivity contribution in [2.75, 3.05) is 22.1 Å². The standard InChI is InChI=1S/C26H27N3O4/c1-18(2)29(24-14-12-22(13-15-24)28-21-9-5-4-6-10-21)25(31)17-33-26(32)20-8-7-11-23(16-20)27-19(3)30/h4-16,18,28H,17H2,1-3H3,(H,27,30). The Labute approximate surface area is 193 Å². The van der Waals surface area contributed by atoms with Gasteiger partial charge >= 0.3 is 5.97 Å². The number of esters is 1. The molecule has 0 aliphatic carbocycles. The van der Waals surface area contributed by atoms with Crippen LogP contribution in [0.5, 0.6) is 0 Å². The van der Waals surface area contributed by atoms with Gasteiger partial charge in [0.1, 0.15) is 0 Å². The molecule has 0 aromatic heterocycles. The van der Waals surface area contributed by atoms with Gasteiger partial charge in [-0.3, -0.25) is 9.59 Å². The predicted molar refractivity (Wildman–Crippen MR) is 130 cm³/mol. The Balaban J connectivity index is 1.64. The Kier molecular flexibility index (Phi) is 7.81. The van der Waals surface area contributed by atoms with Crippen LogP contribution < -0.4 is 15.5 Å². The second-order valence-corrected chi connectivity index (χ2v) is 7.73. The van der Waals surface area contributed by atoms with Crippen molar-refractivity contribution in [2.45, 2.75) is 26.8 Å². The highest BCUT2D eigenvalue weighted by molar-refractivity contribution is 5.98. The summed E-state index contributed by atoms with van der Waals surface area (Å²) in [7, 11) is 0. The van der Waals surface area contributed by atoms with Gasteiger partial charge in [-0.2, -0.15) is 0 Å². The third-order valence-corrected chi connectivity index (χ3v) is 4.74. The molecule has 0 saturated heterocycles. The number of anilines is 4. The molecule has 2 N–H and O–H groups in total. The number of nitrogens with one attached hydrogen (secondary N) is 2. The first-order valence-electron chi connectivity index (χ1n) is 10.6. The lowest BCUT2D eigenvalue weighted by Crippen LogP contribution is -2.39. The average Bonchev–Trinajstić information content (AvgIpc) is 2.79. The van der Waals surface area contributed by atoms with Crippen LogP contribution in [0.1, 0.15) is 31.1 Å². The first-order valence-corrected chi connectivity index (χ1v) is 10.6. The summed E-state index contributed by atoms with van der Waals surface area (Å²) in [6.45, 7) is 4.78. The van der Waals surface area contributed by atoms with Crippen LogP contribution in [0.4, 0.5) is 22.7 Å². The fourth-order valence-electron chi connectivity index (χ4n) is 3.33. The van der Waals surface area contributed by atoms with Gasteiger partial charge in [-0.05, 0) is 68.4 Å². The molecule has 0 radical (unpaired) electrons. The molecular formula is C26H27N3O4. The fraction of sp³-hybridized carbons (Fsp3) is 0.192. The minimum absolute atomic E-state index is 0.132. The van der Waals surface area contributed by atoms with Crippen molar-refractivity contribution < 1.29 is 19.1 Å². The van der Waals surface area contributed by atoms with E-state index in [1.807, 2.05) is 68.4 Å². The summed E-state index contributed by atoms with van der Waals surface area (Å²) in [5.41, 5.74) is 3.30. The highest BCUT2D eigenvalue weighted by Gasteiger charge is 2.21. The molecule has 0 aliphatic rings. The monoisotopic (exact) mass is 445 g/mol. The molecule has 7 heteroatoms. The molecule has 3 rings (SSSR count). The number of benzene rings is 3. The second-order valence-electron chi connectivity index (χ2n) is 7.73. The molecule has 3 aromatic rings.